The third-order valence-corrected chi connectivity index (χ3v) is 7.34. The summed E-state index contributed by atoms with van der Waals surface area (Å²) in [6, 6.07) is 10.7. The highest BCUT2D eigenvalue weighted by Crippen LogP contribution is 2.23. The number of anilines is 1. The second-order valence-corrected chi connectivity index (χ2v) is 10.2. The average Bonchev–Trinajstić information content (AvgIpc) is 2.85. The Morgan fingerprint density at radius 1 is 0.917 bits per heavy atom. The Kier molecular flexibility index (Phi) is 8.09. The molecule has 0 aliphatic carbocycles. The number of benzene rings is 2. The summed E-state index contributed by atoms with van der Waals surface area (Å²) in [6.07, 6.45) is 1.20. The molecule has 2 aromatic carbocycles. The topological polar surface area (TPSA) is 70.5 Å². The fourth-order valence-corrected chi connectivity index (χ4v) is 4.95. The van der Waals surface area contributed by atoms with Crippen molar-refractivity contribution in [2.45, 2.75) is 54.0 Å². The van der Waals surface area contributed by atoms with Crippen LogP contribution < -0.4 is 15.8 Å². The molecular formula is C29H39N5O2. The lowest BCUT2D eigenvalue weighted by Gasteiger charge is -2.37. The molecule has 36 heavy (non-hydrogen) atoms. The van der Waals surface area contributed by atoms with Crippen molar-refractivity contribution in [3.8, 4) is 0 Å². The van der Waals surface area contributed by atoms with Crippen molar-refractivity contribution in [2.24, 2.45) is 0 Å². The molecule has 0 unspecified atom stereocenters. The van der Waals surface area contributed by atoms with Crippen molar-refractivity contribution in [3.05, 3.63) is 68.6 Å². The molecule has 7 heteroatoms. The number of rotatable bonds is 8. The summed E-state index contributed by atoms with van der Waals surface area (Å²) in [4.78, 5) is 34.7. The zero-order valence-corrected chi connectivity index (χ0v) is 22.4. The molecule has 1 aliphatic heterocycles. The van der Waals surface area contributed by atoms with Gasteiger partial charge in [0, 0.05) is 51.4 Å². The van der Waals surface area contributed by atoms with Crippen molar-refractivity contribution < 1.29 is 4.79 Å². The Balaban J connectivity index is 1.22. The molecule has 0 spiro atoms. The molecule has 192 valence electrons. The molecule has 0 saturated carbocycles. The summed E-state index contributed by atoms with van der Waals surface area (Å²) in [5, 5.41) is 3.04. The van der Waals surface area contributed by atoms with Crippen LogP contribution in [0.25, 0.3) is 11.0 Å². The van der Waals surface area contributed by atoms with Gasteiger partial charge in [-0.2, -0.15) is 0 Å². The van der Waals surface area contributed by atoms with Gasteiger partial charge in [0.25, 0.3) is 5.56 Å². The maximum absolute atomic E-state index is 12.7. The van der Waals surface area contributed by atoms with E-state index in [2.05, 4.69) is 52.1 Å². The van der Waals surface area contributed by atoms with E-state index in [4.69, 9.17) is 0 Å². The van der Waals surface area contributed by atoms with Crippen molar-refractivity contribution in [1.29, 1.82) is 0 Å². The molecule has 1 fully saturated rings. The van der Waals surface area contributed by atoms with Crippen LogP contribution in [0.5, 0.6) is 0 Å². The molecule has 3 aromatic rings. The molecule has 2 heterocycles. The van der Waals surface area contributed by atoms with Gasteiger partial charge >= 0.3 is 0 Å². The minimum absolute atomic E-state index is 0.0203. The average molecular weight is 490 g/mol. The Labute approximate surface area is 214 Å². The van der Waals surface area contributed by atoms with Crippen LogP contribution in [0.2, 0.25) is 0 Å². The summed E-state index contributed by atoms with van der Waals surface area (Å²) in [5.41, 5.74) is 8.17. The maximum atomic E-state index is 12.7. The lowest BCUT2D eigenvalue weighted by molar-refractivity contribution is -0.121. The van der Waals surface area contributed by atoms with Crippen LogP contribution in [-0.4, -0.2) is 59.6 Å². The van der Waals surface area contributed by atoms with E-state index in [-0.39, 0.29) is 17.9 Å². The van der Waals surface area contributed by atoms with Gasteiger partial charge in [0.05, 0.1) is 11.0 Å². The molecule has 1 N–H and O–H groups in total. The van der Waals surface area contributed by atoms with E-state index in [1.165, 1.54) is 16.8 Å². The highest BCUT2D eigenvalue weighted by molar-refractivity contribution is 5.78. The number of hydrogen-bond donors (Lipinski definition) is 1. The molecule has 0 atom stereocenters. The van der Waals surface area contributed by atoms with Gasteiger partial charge in [0.1, 0.15) is 5.69 Å². The number of hydrogen-bond acceptors (Lipinski definition) is 5. The molecule has 0 bridgehead atoms. The third kappa shape index (κ3) is 5.95. The van der Waals surface area contributed by atoms with Gasteiger partial charge in [-0.3, -0.25) is 14.5 Å². The van der Waals surface area contributed by atoms with Crippen molar-refractivity contribution in [1.82, 2.24) is 19.8 Å². The number of amides is 1. The first-order chi connectivity index (χ1) is 17.2. The quantitative estimate of drug-likeness (QED) is 0.489. The van der Waals surface area contributed by atoms with Crippen LogP contribution in [0.4, 0.5) is 5.69 Å². The Morgan fingerprint density at radius 2 is 1.64 bits per heavy atom. The summed E-state index contributed by atoms with van der Waals surface area (Å²) in [6.45, 7) is 16.3. The van der Waals surface area contributed by atoms with Gasteiger partial charge < -0.3 is 14.8 Å². The maximum Gasteiger partial charge on any atom is 0.272 e. The number of aryl methyl sites for hydroxylation is 6. The fourth-order valence-electron chi connectivity index (χ4n) is 4.95. The van der Waals surface area contributed by atoms with Crippen LogP contribution in [0, 0.1) is 34.6 Å². The first-order valence-corrected chi connectivity index (χ1v) is 13.0. The highest BCUT2D eigenvalue weighted by Gasteiger charge is 2.18. The second-order valence-electron chi connectivity index (χ2n) is 10.2. The predicted molar refractivity (Wildman–Crippen MR) is 147 cm³/mol. The number of carbonyl (C=O) groups is 1. The monoisotopic (exact) mass is 489 g/mol. The van der Waals surface area contributed by atoms with Gasteiger partial charge in [-0.05, 0) is 88.0 Å². The SMILES string of the molecule is Cc1ccc(C)c(N2CCN(CCCNC(=O)CCn3c(=O)c(C)nc4cc(C)c(C)cc43)CC2)c1. The highest BCUT2D eigenvalue weighted by atomic mass is 16.2. The lowest BCUT2D eigenvalue weighted by atomic mass is 10.1. The number of nitrogens with zero attached hydrogens (tertiary/aromatic N) is 4. The van der Waals surface area contributed by atoms with Gasteiger partial charge in [-0.15, -0.1) is 0 Å². The van der Waals surface area contributed by atoms with Crippen LogP contribution >= 0.6 is 0 Å². The first kappa shape index (κ1) is 25.9. The molecule has 1 aromatic heterocycles. The Bertz CT molecular complexity index is 1310. The van der Waals surface area contributed by atoms with Crippen LogP contribution in [0.1, 0.15) is 40.8 Å². The molecule has 1 amide bonds. The number of piperazine rings is 1. The number of fused-ring (bicyclic) bond motifs is 1. The molecule has 0 radical (unpaired) electrons. The van der Waals surface area contributed by atoms with Crippen LogP contribution in [0.3, 0.4) is 0 Å². The van der Waals surface area contributed by atoms with E-state index in [9.17, 15) is 9.59 Å². The van der Waals surface area contributed by atoms with Gasteiger partial charge in [-0.25, -0.2) is 4.98 Å². The summed E-state index contributed by atoms with van der Waals surface area (Å²) in [7, 11) is 0. The molecule has 4 rings (SSSR count). The van der Waals surface area contributed by atoms with Gasteiger partial charge in [0.2, 0.25) is 5.91 Å². The van der Waals surface area contributed by atoms with E-state index in [0.29, 0.717) is 18.8 Å². The second kappa shape index (κ2) is 11.2. The standard InChI is InChI=1S/C29H39N5O2/c1-20-7-8-21(2)26(17-20)33-15-13-32(14-16-33)11-6-10-30-28(35)9-12-34-27-19-23(4)22(3)18-25(27)31-24(5)29(34)36/h7-8,17-19H,6,9-16H2,1-5H3,(H,30,35). The lowest BCUT2D eigenvalue weighted by Crippen LogP contribution is -2.47. The van der Waals surface area contributed by atoms with Crippen molar-refractivity contribution >= 4 is 22.6 Å². The molecule has 1 aliphatic rings. The number of nitrogens with one attached hydrogen (secondary N) is 1. The fraction of sp³-hybridized carbons (Fsp3) is 0.483. The minimum atomic E-state index is -0.126. The normalized spacial score (nSPS) is 14.4. The van der Waals surface area contributed by atoms with E-state index < -0.39 is 0 Å². The van der Waals surface area contributed by atoms with Crippen molar-refractivity contribution in [3.63, 3.8) is 0 Å². The smallest absolute Gasteiger partial charge is 0.272 e. The Hall–Kier alpha value is -3.19. The third-order valence-electron chi connectivity index (χ3n) is 7.34. The molecule has 7 nitrogen and oxygen atoms in total. The van der Waals surface area contributed by atoms with Gasteiger partial charge in [0.15, 0.2) is 0 Å². The first-order valence-electron chi connectivity index (χ1n) is 13.0. The summed E-state index contributed by atoms with van der Waals surface area (Å²) < 4.78 is 1.69. The zero-order valence-electron chi connectivity index (χ0n) is 22.4. The van der Waals surface area contributed by atoms with Gasteiger partial charge in [-0.1, -0.05) is 12.1 Å². The molecular weight excluding hydrogens is 450 g/mol. The van der Waals surface area contributed by atoms with E-state index >= 15 is 0 Å². The minimum Gasteiger partial charge on any atom is -0.369 e. The van der Waals surface area contributed by atoms with E-state index in [0.717, 1.165) is 61.3 Å². The van der Waals surface area contributed by atoms with E-state index in [1.54, 1.807) is 11.5 Å². The molecule has 1 saturated heterocycles. The van der Waals surface area contributed by atoms with Crippen molar-refractivity contribution in [2.75, 3.05) is 44.2 Å². The largest absolute Gasteiger partial charge is 0.369 e. The zero-order chi connectivity index (χ0) is 25.8. The van der Waals surface area contributed by atoms with Crippen LogP contribution in [-0.2, 0) is 11.3 Å². The van der Waals surface area contributed by atoms with E-state index in [1.807, 2.05) is 26.0 Å². The number of aromatic nitrogens is 2. The summed E-state index contributed by atoms with van der Waals surface area (Å²) in [5.74, 6) is -0.0203. The number of carbonyl (C=O) groups excluding carboxylic acids is 1. The summed E-state index contributed by atoms with van der Waals surface area (Å²) >= 11 is 0. The predicted octanol–water partition coefficient (Wildman–Crippen LogP) is 3.66. The Morgan fingerprint density at radius 3 is 2.39 bits per heavy atom. The van der Waals surface area contributed by atoms with Crippen LogP contribution in [0.15, 0.2) is 35.1 Å².